The highest BCUT2D eigenvalue weighted by Gasteiger charge is 2.05. The molecule has 0 N–H and O–H groups in total. The number of rotatable bonds is 0. The molecule has 1 heterocycles. The van der Waals surface area contributed by atoms with Crippen LogP contribution in [0.3, 0.4) is 0 Å². The molecule has 3 rings (SSSR count). The Kier molecular flexibility index (Phi) is 2.20. The minimum Gasteiger partial charge on any atom is -0.288 e. The van der Waals surface area contributed by atoms with Crippen molar-refractivity contribution < 1.29 is 0 Å². The third kappa shape index (κ3) is 1.42. The van der Waals surface area contributed by atoms with Crippen LogP contribution in [0.25, 0.3) is 20.2 Å². The standard InChI is InChI=1S/C13H5BrOS/c14-8-5-6-12-10(7-8)13(15)9-3-1-2-4-11(9)16-12/h1,3,5-7H. The molecule has 0 fully saturated rings. The molecule has 0 spiro atoms. The summed E-state index contributed by atoms with van der Waals surface area (Å²) in [7, 11) is 0. The van der Waals surface area contributed by atoms with Crippen molar-refractivity contribution >= 4 is 47.4 Å². The molecule has 0 aliphatic heterocycles. The van der Waals surface area contributed by atoms with Crippen LogP contribution in [0, 0.1) is 12.1 Å². The van der Waals surface area contributed by atoms with E-state index < -0.39 is 0 Å². The molecule has 3 heteroatoms. The van der Waals surface area contributed by atoms with Crippen LogP contribution in [-0.4, -0.2) is 0 Å². The van der Waals surface area contributed by atoms with Gasteiger partial charge in [-0.05, 0) is 30.3 Å². The lowest BCUT2D eigenvalue weighted by Crippen LogP contribution is -2.00. The predicted octanol–water partition coefficient (Wildman–Crippen LogP) is 3.78. The van der Waals surface area contributed by atoms with Crippen LogP contribution in [0.15, 0.2) is 39.6 Å². The van der Waals surface area contributed by atoms with E-state index in [2.05, 4.69) is 28.1 Å². The topological polar surface area (TPSA) is 17.1 Å². The molecule has 0 bridgehead atoms. The summed E-state index contributed by atoms with van der Waals surface area (Å²) in [6.45, 7) is 0. The Labute approximate surface area is 104 Å². The molecular formula is C13H5BrOS. The summed E-state index contributed by atoms with van der Waals surface area (Å²) in [6, 6.07) is 15.1. The molecule has 0 aliphatic carbocycles. The van der Waals surface area contributed by atoms with Crippen LogP contribution < -0.4 is 5.43 Å². The maximum atomic E-state index is 12.2. The molecule has 3 aromatic rings. The van der Waals surface area contributed by atoms with Crippen molar-refractivity contribution in [3.63, 3.8) is 0 Å². The van der Waals surface area contributed by atoms with Crippen LogP contribution in [0.5, 0.6) is 0 Å². The van der Waals surface area contributed by atoms with Crippen molar-refractivity contribution in [2.75, 3.05) is 0 Å². The van der Waals surface area contributed by atoms with Crippen LogP contribution >= 0.6 is 27.3 Å². The number of hydrogen-bond acceptors (Lipinski definition) is 2. The van der Waals surface area contributed by atoms with Crippen LogP contribution in [0.1, 0.15) is 0 Å². The van der Waals surface area contributed by atoms with Crippen molar-refractivity contribution in [1.29, 1.82) is 0 Å². The van der Waals surface area contributed by atoms with Gasteiger partial charge in [-0.25, -0.2) is 0 Å². The van der Waals surface area contributed by atoms with E-state index in [4.69, 9.17) is 0 Å². The van der Waals surface area contributed by atoms with Gasteiger partial charge < -0.3 is 0 Å². The van der Waals surface area contributed by atoms with Crippen LogP contribution in [0.4, 0.5) is 0 Å². The molecule has 0 saturated heterocycles. The van der Waals surface area contributed by atoms with Crippen LogP contribution in [0.2, 0.25) is 0 Å². The Hall–Kier alpha value is -1.37. The normalized spacial score (nSPS) is 10.6. The minimum absolute atomic E-state index is 0.0651. The smallest absolute Gasteiger partial charge is 0.196 e. The predicted molar refractivity (Wildman–Crippen MR) is 71.0 cm³/mol. The minimum atomic E-state index is 0.0651. The summed E-state index contributed by atoms with van der Waals surface area (Å²) < 4.78 is 2.77. The van der Waals surface area contributed by atoms with Crippen molar-refractivity contribution in [3.05, 3.63) is 57.2 Å². The summed E-state index contributed by atoms with van der Waals surface area (Å²) in [5.41, 5.74) is 0.0651. The molecule has 0 aliphatic rings. The number of benzene rings is 1. The Balaban J connectivity index is 2.61. The first-order valence-corrected chi connectivity index (χ1v) is 6.31. The molecule has 0 saturated carbocycles. The van der Waals surface area contributed by atoms with Crippen molar-refractivity contribution in [1.82, 2.24) is 0 Å². The fourth-order valence-electron chi connectivity index (χ4n) is 1.66. The lowest BCUT2D eigenvalue weighted by Gasteiger charge is -1.98. The molecule has 0 amide bonds. The highest BCUT2D eigenvalue weighted by Crippen LogP contribution is 2.25. The summed E-state index contributed by atoms with van der Waals surface area (Å²) in [6.07, 6.45) is 0. The lowest BCUT2D eigenvalue weighted by atomic mass is 10.2. The monoisotopic (exact) mass is 288 g/mol. The summed E-state index contributed by atoms with van der Waals surface area (Å²) in [5, 5.41) is 1.47. The number of hydrogen-bond donors (Lipinski definition) is 0. The number of halogens is 1. The van der Waals surface area contributed by atoms with E-state index in [1.165, 1.54) is 0 Å². The first-order chi connectivity index (χ1) is 7.75. The van der Waals surface area contributed by atoms with Gasteiger partial charge in [-0.1, -0.05) is 28.1 Å². The first kappa shape index (κ1) is 9.83. The van der Waals surface area contributed by atoms with Gasteiger partial charge in [-0.3, -0.25) is 4.79 Å². The van der Waals surface area contributed by atoms with Gasteiger partial charge >= 0.3 is 0 Å². The second-order valence-corrected chi connectivity index (χ2v) is 5.39. The maximum Gasteiger partial charge on any atom is 0.196 e. The van der Waals surface area contributed by atoms with E-state index in [-0.39, 0.29) is 5.43 Å². The van der Waals surface area contributed by atoms with E-state index in [0.717, 1.165) is 19.3 Å². The Morgan fingerprint density at radius 1 is 1.19 bits per heavy atom. The molecular weight excluding hydrogens is 284 g/mol. The summed E-state index contributed by atoms with van der Waals surface area (Å²) in [4.78, 5) is 12.2. The van der Waals surface area contributed by atoms with Gasteiger partial charge in [-0.15, -0.1) is 11.3 Å². The largest absolute Gasteiger partial charge is 0.288 e. The van der Waals surface area contributed by atoms with E-state index >= 15 is 0 Å². The first-order valence-electron chi connectivity index (χ1n) is 4.70. The second-order valence-electron chi connectivity index (χ2n) is 3.42. The third-order valence-corrected chi connectivity index (χ3v) is 4.00. The lowest BCUT2D eigenvalue weighted by molar-refractivity contribution is 1.71. The fraction of sp³-hybridized carbons (Fsp3) is 0. The average Bonchev–Trinajstić information content (AvgIpc) is 2.31. The van der Waals surface area contributed by atoms with Gasteiger partial charge in [0.1, 0.15) is 0 Å². The van der Waals surface area contributed by atoms with E-state index in [9.17, 15) is 4.79 Å². The molecule has 16 heavy (non-hydrogen) atoms. The maximum absolute atomic E-state index is 12.2. The highest BCUT2D eigenvalue weighted by atomic mass is 79.9. The van der Waals surface area contributed by atoms with Crippen LogP contribution in [-0.2, 0) is 0 Å². The van der Waals surface area contributed by atoms with E-state index in [1.54, 1.807) is 23.5 Å². The average molecular weight is 289 g/mol. The molecule has 1 aromatic heterocycles. The summed E-state index contributed by atoms with van der Waals surface area (Å²) >= 11 is 4.95. The highest BCUT2D eigenvalue weighted by molar-refractivity contribution is 9.10. The zero-order valence-electron chi connectivity index (χ0n) is 8.08. The third-order valence-electron chi connectivity index (χ3n) is 2.41. The fourth-order valence-corrected chi connectivity index (χ4v) is 3.02. The summed E-state index contributed by atoms with van der Waals surface area (Å²) in [5.74, 6) is 0. The SMILES string of the molecule is O=c1c2ccc#cc2sc2ccc(Br)cc12. The zero-order chi connectivity index (χ0) is 11.1. The van der Waals surface area contributed by atoms with Gasteiger partial charge in [0, 0.05) is 19.9 Å². The number of fused-ring (bicyclic) bond motifs is 2. The quantitative estimate of drug-likeness (QED) is 0.615. The van der Waals surface area contributed by atoms with Crippen molar-refractivity contribution in [2.24, 2.45) is 0 Å². The second kappa shape index (κ2) is 3.58. The Morgan fingerprint density at radius 2 is 2.06 bits per heavy atom. The Bertz CT molecular complexity index is 746. The molecule has 1 nitrogen and oxygen atoms in total. The molecule has 2 aromatic carbocycles. The van der Waals surface area contributed by atoms with E-state index in [1.807, 2.05) is 18.2 Å². The molecule has 76 valence electrons. The van der Waals surface area contributed by atoms with Crippen molar-refractivity contribution in [2.45, 2.75) is 0 Å². The van der Waals surface area contributed by atoms with Gasteiger partial charge in [0.2, 0.25) is 0 Å². The molecule has 0 radical (unpaired) electrons. The van der Waals surface area contributed by atoms with Crippen molar-refractivity contribution in [3.8, 4) is 0 Å². The van der Waals surface area contributed by atoms with Gasteiger partial charge in [0.25, 0.3) is 0 Å². The molecule has 0 unspecified atom stereocenters. The van der Waals surface area contributed by atoms with E-state index in [0.29, 0.717) is 5.39 Å². The van der Waals surface area contributed by atoms with Gasteiger partial charge in [-0.2, -0.15) is 0 Å². The molecule has 0 atom stereocenters. The Morgan fingerprint density at radius 3 is 2.94 bits per heavy atom. The van der Waals surface area contributed by atoms with Gasteiger partial charge in [0.05, 0.1) is 4.70 Å². The zero-order valence-corrected chi connectivity index (χ0v) is 10.5. The van der Waals surface area contributed by atoms with Gasteiger partial charge in [0.15, 0.2) is 5.43 Å².